The van der Waals surface area contributed by atoms with E-state index in [1.807, 2.05) is 6.07 Å². The third-order valence-corrected chi connectivity index (χ3v) is 4.26. The van der Waals surface area contributed by atoms with Crippen molar-refractivity contribution in [3.63, 3.8) is 0 Å². The van der Waals surface area contributed by atoms with Gasteiger partial charge in [-0.05, 0) is 22.0 Å². The Labute approximate surface area is 141 Å². The molecule has 21 heavy (non-hydrogen) atoms. The topological polar surface area (TPSA) is 38.2 Å². The number of ether oxygens (including phenoxy) is 1. The van der Waals surface area contributed by atoms with Gasteiger partial charge in [0, 0.05) is 42.1 Å². The lowest BCUT2D eigenvalue weighted by Crippen LogP contribution is -2.25. The summed E-state index contributed by atoms with van der Waals surface area (Å²) in [5.74, 6) is 1.44. The highest BCUT2D eigenvalue weighted by atomic mass is 79.9. The van der Waals surface area contributed by atoms with Crippen LogP contribution in [0.4, 0.5) is 5.82 Å². The predicted octanol–water partition coefficient (Wildman–Crippen LogP) is 4.20. The lowest BCUT2D eigenvalue weighted by atomic mass is 10.3. The highest BCUT2D eigenvalue weighted by Crippen LogP contribution is 2.31. The summed E-state index contributed by atoms with van der Waals surface area (Å²) in [4.78, 5) is 10.4. The molecule has 1 aliphatic heterocycles. The molecule has 1 fully saturated rings. The summed E-state index contributed by atoms with van der Waals surface area (Å²) in [7, 11) is 0. The molecule has 0 radical (unpaired) electrons. The van der Waals surface area contributed by atoms with Crippen LogP contribution in [0.2, 0.25) is 10.0 Å². The minimum absolute atomic E-state index is 0.0615. The quantitative estimate of drug-likeness (QED) is 0.789. The van der Waals surface area contributed by atoms with Crippen LogP contribution in [0.1, 0.15) is 6.42 Å². The van der Waals surface area contributed by atoms with E-state index in [0.717, 1.165) is 29.8 Å². The Morgan fingerprint density at radius 3 is 2.90 bits per heavy atom. The van der Waals surface area contributed by atoms with Crippen molar-refractivity contribution >= 4 is 44.9 Å². The van der Waals surface area contributed by atoms with Crippen LogP contribution >= 0.6 is 39.1 Å². The molecule has 2 aromatic heterocycles. The Morgan fingerprint density at radius 2 is 2.14 bits per heavy atom. The predicted molar refractivity (Wildman–Crippen MR) is 87.4 cm³/mol. The number of anilines is 1. The van der Waals surface area contributed by atoms with Gasteiger partial charge in [-0.15, -0.1) is 0 Å². The fraction of sp³-hybridized carbons (Fsp3) is 0.286. The minimum Gasteiger partial charge on any atom is -0.487 e. The monoisotopic (exact) mass is 387 g/mol. The minimum atomic E-state index is 0.0615. The van der Waals surface area contributed by atoms with Gasteiger partial charge in [0.15, 0.2) is 0 Å². The molecule has 0 amide bonds. The second-order valence-corrected chi connectivity index (χ2v) is 6.47. The number of rotatable bonds is 3. The molecule has 0 N–H and O–H groups in total. The maximum Gasteiger partial charge on any atom is 0.147 e. The molecule has 1 aliphatic rings. The van der Waals surface area contributed by atoms with Crippen LogP contribution in [0, 0.1) is 0 Å². The van der Waals surface area contributed by atoms with Crippen molar-refractivity contribution in [3.05, 3.63) is 45.2 Å². The van der Waals surface area contributed by atoms with Crippen LogP contribution in [0.3, 0.4) is 0 Å². The number of hydrogen-bond acceptors (Lipinski definition) is 4. The zero-order valence-electron chi connectivity index (χ0n) is 11.0. The van der Waals surface area contributed by atoms with Crippen molar-refractivity contribution in [1.29, 1.82) is 0 Å². The molecule has 7 heteroatoms. The molecule has 1 unspecified atom stereocenters. The van der Waals surface area contributed by atoms with Gasteiger partial charge in [-0.2, -0.15) is 0 Å². The van der Waals surface area contributed by atoms with Gasteiger partial charge in [0.05, 0.1) is 11.6 Å². The summed E-state index contributed by atoms with van der Waals surface area (Å²) in [5, 5.41) is 1.16. The SMILES string of the molecule is Clc1cnccc1OC1CCN(c2ncc(Br)cc2Cl)C1. The van der Waals surface area contributed by atoms with Crippen LogP contribution in [-0.4, -0.2) is 29.2 Å². The Balaban J connectivity index is 1.69. The highest BCUT2D eigenvalue weighted by Gasteiger charge is 2.26. The van der Waals surface area contributed by atoms with E-state index in [0.29, 0.717) is 15.8 Å². The average molecular weight is 389 g/mol. The van der Waals surface area contributed by atoms with E-state index in [1.54, 1.807) is 24.7 Å². The lowest BCUT2D eigenvalue weighted by molar-refractivity contribution is 0.225. The van der Waals surface area contributed by atoms with Crippen molar-refractivity contribution in [2.45, 2.75) is 12.5 Å². The largest absolute Gasteiger partial charge is 0.487 e. The first-order chi connectivity index (χ1) is 10.1. The standard InChI is InChI=1S/C14H12BrCl2N3O/c15-9-5-11(16)14(19-6-9)20-4-2-10(8-20)21-13-1-3-18-7-12(13)17/h1,3,5-7,10H,2,4,8H2. The summed E-state index contributed by atoms with van der Waals surface area (Å²) in [6, 6.07) is 3.62. The first kappa shape index (κ1) is 14.9. The first-order valence-electron chi connectivity index (χ1n) is 6.45. The number of aromatic nitrogens is 2. The summed E-state index contributed by atoms with van der Waals surface area (Å²) in [6.45, 7) is 1.58. The maximum atomic E-state index is 6.24. The van der Waals surface area contributed by atoms with Crippen LogP contribution < -0.4 is 9.64 Å². The maximum absolute atomic E-state index is 6.24. The number of pyridine rings is 2. The van der Waals surface area contributed by atoms with Gasteiger partial charge in [-0.1, -0.05) is 23.2 Å². The van der Waals surface area contributed by atoms with Crippen molar-refractivity contribution in [2.24, 2.45) is 0 Å². The third-order valence-electron chi connectivity index (χ3n) is 3.26. The third kappa shape index (κ3) is 3.42. The van der Waals surface area contributed by atoms with E-state index < -0.39 is 0 Å². The second-order valence-electron chi connectivity index (χ2n) is 4.74. The van der Waals surface area contributed by atoms with Gasteiger partial charge < -0.3 is 9.64 Å². The van der Waals surface area contributed by atoms with Crippen molar-refractivity contribution < 1.29 is 4.74 Å². The Kier molecular flexibility index (Phi) is 4.52. The number of halogens is 3. The second kappa shape index (κ2) is 6.38. The zero-order valence-corrected chi connectivity index (χ0v) is 14.1. The molecule has 0 aromatic carbocycles. The van der Waals surface area contributed by atoms with Gasteiger partial charge in [0.25, 0.3) is 0 Å². The Bertz CT molecular complexity index is 656. The van der Waals surface area contributed by atoms with E-state index >= 15 is 0 Å². The fourth-order valence-electron chi connectivity index (χ4n) is 2.29. The molecule has 0 spiro atoms. The summed E-state index contributed by atoms with van der Waals surface area (Å²) >= 11 is 15.7. The normalized spacial score (nSPS) is 18.0. The molecule has 0 aliphatic carbocycles. The van der Waals surface area contributed by atoms with Crippen LogP contribution in [0.5, 0.6) is 5.75 Å². The first-order valence-corrected chi connectivity index (χ1v) is 8.00. The van der Waals surface area contributed by atoms with E-state index in [2.05, 4.69) is 30.8 Å². The van der Waals surface area contributed by atoms with E-state index in [4.69, 9.17) is 27.9 Å². The number of hydrogen-bond donors (Lipinski definition) is 0. The van der Waals surface area contributed by atoms with Crippen LogP contribution in [0.25, 0.3) is 0 Å². The van der Waals surface area contributed by atoms with Crippen molar-refractivity contribution in [3.8, 4) is 5.75 Å². The lowest BCUT2D eigenvalue weighted by Gasteiger charge is -2.19. The molecule has 110 valence electrons. The molecule has 0 saturated carbocycles. The van der Waals surface area contributed by atoms with Gasteiger partial charge in [-0.25, -0.2) is 4.98 Å². The molecule has 2 aromatic rings. The molecule has 1 saturated heterocycles. The smallest absolute Gasteiger partial charge is 0.147 e. The van der Waals surface area contributed by atoms with Gasteiger partial charge in [-0.3, -0.25) is 4.98 Å². The molecular formula is C14H12BrCl2N3O. The van der Waals surface area contributed by atoms with E-state index in [1.165, 1.54) is 0 Å². The molecule has 3 heterocycles. The summed E-state index contributed by atoms with van der Waals surface area (Å²) in [5.41, 5.74) is 0. The highest BCUT2D eigenvalue weighted by molar-refractivity contribution is 9.10. The molecule has 1 atom stereocenters. The van der Waals surface area contributed by atoms with Crippen molar-refractivity contribution in [1.82, 2.24) is 9.97 Å². The molecule has 0 bridgehead atoms. The molecule has 3 rings (SSSR count). The van der Waals surface area contributed by atoms with Gasteiger partial charge >= 0.3 is 0 Å². The average Bonchev–Trinajstić information content (AvgIpc) is 2.90. The molecular weight excluding hydrogens is 377 g/mol. The number of nitrogens with zero attached hydrogens (tertiary/aromatic N) is 3. The van der Waals surface area contributed by atoms with E-state index in [9.17, 15) is 0 Å². The van der Waals surface area contributed by atoms with E-state index in [-0.39, 0.29) is 6.10 Å². The van der Waals surface area contributed by atoms with Gasteiger partial charge in [0.1, 0.15) is 22.7 Å². The molecule has 4 nitrogen and oxygen atoms in total. The van der Waals surface area contributed by atoms with Crippen molar-refractivity contribution in [2.75, 3.05) is 18.0 Å². The van der Waals surface area contributed by atoms with Crippen LogP contribution in [0.15, 0.2) is 35.2 Å². The fourth-order valence-corrected chi connectivity index (χ4v) is 3.21. The van der Waals surface area contributed by atoms with Crippen LogP contribution in [-0.2, 0) is 0 Å². The Morgan fingerprint density at radius 1 is 1.29 bits per heavy atom. The zero-order chi connectivity index (χ0) is 14.8. The van der Waals surface area contributed by atoms with Gasteiger partial charge in [0.2, 0.25) is 0 Å². The Hall–Kier alpha value is -1.04. The summed E-state index contributed by atoms with van der Waals surface area (Å²) < 4.78 is 6.80. The summed E-state index contributed by atoms with van der Waals surface area (Å²) in [6.07, 6.45) is 5.95.